The van der Waals surface area contributed by atoms with Crippen molar-refractivity contribution in [3.63, 3.8) is 0 Å². The molecule has 36 heavy (non-hydrogen) atoms. The maximum absolute atomic E-state index is 13.5. The molecule has 2 aromatic heterocycles. The van der Waals surface area contributed by atoms with Crippen molar-refractivity contribution < 1.29 is 23.5 Å². The van der Waals surface area contributed by atoms with Crippen molar-refractivity contribution in [1.29, 1.82) is 0 Å². The summed E-state index contributed by atoms with van der Waals surface area (Å²) in [6.45, 7) is 0. The lowest BCUT2D eigenvalue weighted by molar-refractivity contribution is -0.125. The number of anilines is 1. The zero-order valence-electron chi connectivity index (χ0n) is 19.4. The molecule has 3 aromatic carbocycles. The van der Waals surface area contributed by atoms with Crippen molar-refractivity contribution in [2.24, 2.45) is 0 Å². The molecule has 1 amide bonds. The molecule has 1 atom stereocenters. The molecule has 178 valence electrons. The molecule has 0 saturated carbocycles. The fraction of sp³-hybridized carbons (Fsp3) is 0.0690. The Balaban J connectivity index is 1.50. The molecule has 0 saturated heterocycles. The third-order valence-corrected chi connectivity index (χ3v) is 5.61. The Morgan fingerprint density at radius 2 is 1.69 bits per heavy atom. The average Bonchev–Trinajstić information content (AvgIpc) is 3.47. The molecule has 0 aliphatic heterocycles. The molecule has 0 bridgehead atoms. The topological polar surface area (TPSA) is 90.7 Å². The number of esters is 1. The number of aromatic nitrogens is 1. The lowest BCUT2D eigenvalue weighted by atomic mass is 10.1. The van der Waals surface area contributed by atoms with E-state index in [1.807, 2.05) is 24.3 Å². The van der Waals surface area contributed by atoms with Gasteiger partial charge in [0.25, 0.3) is 5.91 Å². The largest absolute Gasteiger partial charge is 0.497 e. The molecule has 0 fully saturated rings. The highest BCUT2D eigenvalue weighted by Crippen LogP contribution is 2.28. The zero-order chi connectivity index (χ0) is 24.9. The molecule has 0 radical (unpaired) electrons. The Morgan fingerprint density at radius 1 is 0.889 bits per heavy atom. The number of fused-ring (bicyclic) bond motifs is 1. The first-order chi connectivity index (χ1) is 17.6. The first-order valence-corrected chi connectivity index (χ1v) is 11.3. The van der Waals surface area contributed by atoms with E-state index in [9.17, 15) is 9.59 Å². The lowest BCUT2D eigenvalue weighted by Gasteiger charge is -2.19. The maximum Gasteiger partial charge on any atom is 0.340 e. The van der Waals surface area contributed by atoms with Crippen LogP contribution in [0.3, 0.4) is 0 Å². The van der Waals surface area contributed by atoms with Crippen LogP contribution in [-0.2, 0) is 9.53 Å². The summed E-state index contributed by atoms with van der Waals surface area (Å²) >= 11 is 0. The third-order valence-electron chi connectivity index (χ3n) is 5.61. The molecular weight excluding hydrogens is 456 g/mol. The summed E-state index contributed by atoms with van der Waals surface area (Å²) < 4.78 is 16.6. The number of amides is 1. The second kappa shape index (κ2) is 10.1. The standard InChI is InChI=1S/C29H22N2O5/c1-34-21-12-7-11-20(17-21)30-28(32)27(19-9-3-2-4-10-19)36-29(33)23-18-25(26-15-8-16-35-26)31-24-14-6-5-13-22(23)24/h2-18,27H,1H3,(H,30,32)/t27-/m1/s1. The van der Waals surface area contributed by atoms with Gasteiger partial charge in [0.2, 0.25) is 6.10 Å². The van der Waals surface area contributed by atoms with Gasteiger partial charge < -0.3 is 19.2 Å². The Labute approximate surface area is 207 Å². The van der Waals surface area contributed by atoms with Crippen molar-refractivity contribution in [2.45, 2.75) is 6.10 Å². The molecular formula is C29H22N2O5. The molecule has 0 spiro atoms. The van der Waals surface area contributed by atoms with Crippen LogP contribution < -0.4 is 10.1 Å². The molecule has 0 aliphatic carbocycles. The summed E-state index contributed by atoms with van der Waals surface area (Å²) in [7, 11) is 1.55. The number of hydrogen-bond acceptors (Lipinski definition) is 6. The van der Waals surface area contributed by atoms with Gasteiger partial charge in [-0.15, -0.1) is 0 Å². The summed E-state index contributed by atoms with van der Waals surface area (Å²) in [5.74, 6) is -0.0385. The minimum absolute atomic E-state index is 0.280. The Kier molecular flexibility index (Phi) is 6.44. The van der Waals surface area contributed by atoms with E-state index < -0.39 is 18.0 Å². The Bertz CT molecular complexity index is 1510. The van der Waals surface area contributed by atoms with E-state index in [4.69, 9.17) is 13.9 Å². The van der Waals surface area contributed by atoms with Gasteiger partial charge in [-0.2, -0.15) is 0 Å². The van der Waals surface area contributed by atoms with Crippen molar-refractivity contribution >= 4 is 28.5 Å². The van der Waals surface area contributed by atoms with Gasteiger partial charge >= 0.3 is 5.97 Å². The van der Waals surface area contributed by atoms with Crippen LogP contribution >= 0.6 is 0 Å². The molecule has 7 heteroatoms. The molecule has 1 N–H and O–H groups in total. The quantitative estimate of drug-likeness (QED) is 0.287. The number of ether oxygens (including phenoxy) is 2. The van der Waals surface area contributed by atoms with Gasteiger partial charge in [0.1, 0.15) is 11.4 Å². The van der Waals surface area contributed by atoms with E-state index in [2.05, 4.69) is 10.3 Å². The first kappa shape index (κ1) is 22.9. The van der Waals surface area contributed by atoms with Gasteiger partial charge in [-0.3, -0.25) is 4.79 Å². The molecule has 5 aromatic rings. The smallest absolute Gasteiger partial charge is 0.340 e. The van der Waals surface area contributed by atoms with Crippen LogP contribution in [0.1, 0.15) is 22.0 Å². The molecule has 5 rings (SSSR count). The monoisotopic (exact) mass is 478 g/mol. The highest BCUT2D eigenvalue weighted by molar-refractivity contribution is 6.06. The second-order valence-electron chi connectivity index (χ2n) is 7.97. The highest BCUT2D eigenvalue weighted by atomic mass is 16.5. The van der Waals surface area contributed by atoms with E-state index in [1.54, 1.807) is 86.2 Å². The van der Waals surface area contributed by atoms with Crippen LogP contribution in [0.25, 0.3) is 22.4 Å². The van der Waals surface area contributed by atoms with Crippen LogP contribution in [0, 0.1) is 0 Å². The van der Waals surface area contributed by atoms with E-state index in [1.165, 1.54) is 0 Å². The molecule has 0 unspecified atom stereocenters. The van der Waals surface area contributed by atoms with E-state index in [0.717, 1.165) is 0 Å². The lowest BCUT2D eigenvalue weighted by Crippen LogP contribution is -2.26. The number of benzene rings is 3. The average molecular weight is 479 g/mol. The fourth-order valence-corrected chi connectivity index (χ4v) is 3.87. The van der Waals surface area contributed by atoms with Gasteiger partial charge in [0.15, 0.2) is 5.76 Å². The number of para-hydroxylation sites is 1. The Hall–Kier alpha value is -4.91. The van der Waals surface area contributed by atoms with Gasteiger partial charge in [-0.05, 0) is 36.4 Å². The van der Waals surface area contributed by atoms with Crippen LogP contribution in [-0.4, -0.2) is 24.0 Å². The van der Waals surface area contributed by atoms with E-state index >= 15 is 0 Å². The van der Waals surface area contributed by atoms with Crippen LogP contribution in [0.2, 0.25) is 0 Å². The van der Waals surface area contributed by atoms with Crippen LogP contribution in [0.15, 0.2) is 108 Å². The SMILES string of the molecule is COc1cccc(NC(=O)[C@H](OC(=O)c2cc(-c3ccco3)nc3ccccc23)c2ccccc2)c1. The van der Waals surface area contributed by atoms with Crippen molar-refractivity contribution in [3.05, 3.63) is 114 Å². The number of nitrogens with one attached hydrogen (secondary N) is 1. The number of methoxy groups -OCH3 is 1. The van der Waals surface area contributed by atoms with Gasteiger partial charge in [0, 0.05) is 22.7 Å². The van der Waals surface area contributed by atoms with Gasteiger partial charge in [-0.25, -0.2) is 9.78 Å². The van der Waals surface area contributed by atoms with E-state index in [-0.39, 0.29) is 5.56 Å². The minimum atomic E-state index is -1.19. The van der Waals surface area contributed by atoms with Crippen LogP contribution in [0.4, 0.5) is 5.69 Å². The number of nitrogens with zero attached hydrogens (tertiary/aromatic N) is 1. The molecule has 2 heterocycles. The first-order valence-electron chi connectivity index (χ1n) is 11.3. The fourth-order valence-electron chi connectivity index (χ4n) is 3.87. The number of furan rings is 1. The van der Waals surface area contributed by atoms with Crippen molar-refractivity contribution in [1.82, 2.24) is 4.98 Å². The summed E-state index contributed by atoms with van der Waals surface area (Å²) in [5.41, 5.74) is 2.43. The second-order valence-corrected chi connectivity index (χ2v) is 7.97. The maximum atomic E-state index is 13.5. The molecule has 0 aliphatic rings. The normalized spacial score (nSPS) is 11.6. The van der Waals surface area contributed by atoms with Crippen molar-refractivity contribution in [2.75, 3.05) is 12.4 Å². The Morgan fingerprint density at radius 3 is 2.47 bits per heavy atom. The van der Waals surface area contributed by atoms with E-state index in [0.29, 0.717) is 39.4 Å². The summed E-state index contributed by atoms with van der Waals surface area (Å²) in [6.07, 6.45) is 0.349. The number of hydrogen-bond donors (Lipinski definition) is 1. The minimum Gasteiger partial charge on any atom is -0.497 e. The number of carbonyl (C=O) groups is 2. The molecule has 7 nitrogen and oxygen atoms in total. The number of pyridine rings is 1. The summed E-state index contributed by atoms with van der Waals surface area (Å²) in [6, 6.07) is 28.2. The predicted octanol–water partition coefficient (Wildman–Crippen LogP) is 6.04. The predicted molar refractivity (Wildman–Crippen MR) is 136 cm³/mol. The van der Waals surface area contributed by atoms with Crippen molar-refractivity contribution in [3.8, 4) is 17.2 Å². The summed E-state index contributed by atoms with van der Waals surface area (Å²) in [4.78, 5) is 31.5. The number of rotatable bonds is 7. The van der Waals surface area contributed by atoms with Gasteiger partial charge in [0.05, 0.1) is 24.5 Å². The zero-order valence-corrected chi connectivity index (χ0v) is 19.4. The number of carbonyl (C=O) groups excluding carboxylic acids is 2. The third kappa shape index (κ3) is 4.81. The highest BCUT2D eigenvalue weighted by Gasteiger charge is 2.27. The summed E-state index contributed by atoms with van der Waals surface area (Å²) in [5, 5.41) is 3.43. The van der Waals surface area contributed by atoms with Crippen LogP contribution in [0.5, 0.6) is 5.75 Å². The van der Waals surface area contributed by atoms with Gasteiger partial charge in [-0.1, -0.05) is 54.6 Å².